The number of hydrogen-bond acceptors (Lipinski definition) is 5. The monoisotopic (exact) mass is 264 g/mol. The summed E-state index contributed by atoms with van der Waals surface area (Å²) in [6.07, 6.45) is 0. The van der Waals surface area contributed by atoms with Crippen LogP contribution in [-0.2, 0) is 4.74 Å². The molecule has 1 saturated heterocycles. The first-order chi connectivity index (χ1) is 9.08. The van der Waals surface area contributed by atoms with E-state index in [1.54, 1.807) is 0 Å². The molecule has 104 valence electrons. The number of pyridine rings is 1. The van der Waals surface area contributed by atoms with Gasteiger partial charge in [-0.25, -0.2) is 4.98 Å². The zero-order chi connectivity index (χ0) is 13.8. The molecule has 1 aliphatic heterocycles. The van der Waals surface area contributed by atoms with E-state index < -0.39 is 5.91 Å². The molecule has 0 radical (unpaired) electrons. The average Bonchev–Trinajstić information content (AvgIpc) is 2.36. The number of nitrogens with one attached hydrogen (secondary N) is 2. The lowest BCUT2D eigenvalue weighted by Crippen LogP contribution is -2.45. The first-order valence-electron chi connectivity index (χ1n) is 6.41. The highest BCUT2D eigenvalue weighted by Crippen LogP contribution is 2.18. The van der Waals surface area contributed by atoms with Gasteiger partial charge in [0.1, 0.15) is 5.82 Å². The molecule has 19 heavy (non-hydrogen) atoms. The van der Waals surface area contributed by atoms with Crippen molar-refractivity contribution in [2.24, 2.45) is 5.73 Å². The number of aryl methyl sites for hydroxylation is 2. The highest BCUT2D eigenvalue weighted by atomic mass is 16.5. The lowest BCUT2D eigenvalue weighted by Gasteiger charge is -2.24. The summed E-state index contributed by atoms with van der Waals surface area (Å²) in [5.41, 5.74) is 7.58. The minimum Gasteiger partial charge on any atom is -0.378 e. The Morgan fingerprint density at radius 1 is 1.63 bits per heavy atom. The van der Waals surface area contributed by atoms with Gasteiger partial charge in [0.15, 0.2) is 0 Å². The van der Waals surface area contributed by atoms with Crippen LogP contribution in [0.15, 0.2) is 6.07 Å². The van der Waals surface area contributed by atoms with Crippen molar-refractivity contribution in [2.75, 3.05) is 31.6 Å². The third-order valence-electron chi connectivity index (χ3n) is 3.11. The fraction of sp³-hybridized carbons (Fsp3) is 0.538. The molecule has 0 bridgehead atoms. The molecule has 0 aliphatic carbocycles. The third kappa shape index (κ3) is 3.42. The number of nitrogens with zero attached hydrogens (tertiary/aromatic N) is 1. The summed E-state index contributed by atoms with van der Waals surface area (Å²) in [5, 5.41) is 6.53. The Balaban J connectivity index is 2.12. The fourth-order valence-electron chi connectivity index (χ4n) is 2.25. The number of carbonyl (C=O) groups excluding carboxylic acids is 1. The Kier molecular flexibility index (Phi) is 4.34. The van der Waals surface area contributed by atoms with Crippen LogP contribution in [0, 0.1) is 13.8 Å². The van der Waals surface area contributed by atoms with Gasteiger partial charge in [-0.2, -0.15) is 0 Å². The minimum atomic E-state index is -0.458. The molecule has 1 amide bonds. The summed E-state index contributed by atoms with van der Waals surface area (Å²) in [7, 11) is 0. The molecule has 1 aromatic heterocycles. The molecule has 6 nitrogen and oxygen atoms in total. The molecule has 0 aromatic carbocycles. The summed E-state index contributed by atoms with van der Waals surface area (Å²) in [6, 6.07) is 2.07. The highest BCUT2D eigenvalue weighted by molar-refractivity contribution is 5.99. The van der Waals surface area contributed by atoms with E-state index in [0.29, 0.717) is 24.5 Å². The van der Waals surface area contributed by atoms with Gasteiger partial charge in [0.25, 0.3) is 5.91 Å². The second kappa shape index (κ2) is 5.99. The molecular weight excluding hydrogens is 244 g/mol. The molecule has 2 heterocycles. The lowest BCUT2D eigenvalue weighted by molar-refractivity contribution is 0.0806. The summed E-state index contributed by atoms with van der Waals surface area (Å²) in [5.74, 6) is 0.0951. The number of anilines is 1. The van der Waals surface area contributed by atoms with E-state index >= 15 is 0 Å². The summed E-state index contributed by atoms with van der Waals surface area (Å²) < 4.78 is 5.38. The van der Waals surface area contributed by atoms with E-state index in [1.165, 1.54) is 0 Å². The van der Waals surface area contributed by atoms with Crippen molar-refractivity contribution in [1.82, 2.24) is 10.3 Å². The zero-order valence-electron chi connectivity index (χ0n) is 11.3. The van der Waals surface area contributed by atoms with Crippen LogP contribution in [0.2, 0.25) is 0 Å². The smallest absolute Gasteiger partial charge is 0.252 e. The van der Waals surface area contributed by atoms with Crippen molar-refractivity contribution >= 4 is 11.7 Å². The van der Waals surface area contributed by atoms with E-state index in [2.05, 4.69) is 15.6 Å². The Morgan fingerprint density at radius 3 is 3.05 bits per heavy atom. The number of amides is 1. The molecule has 2 rings (SSSR count). The fourth-order valence-corrected chi connectivity index (χ4v) is 2.25. The average molecular weight is 264 g/mol. The van der Waals surface area contributed by atoms with Crippen molar-refractivity contribution < 1.29 is 9.53 Å². The molecule has 1 atom stereocenters. The zero-order valence-corrected chi connectivity index (χ0v) is 11.3. The summed E-state index contributed by atoms with van der Waals surface area (Å²) in [4.78, 5) is 15.9. The van der Waals surface area contributed by atoms with Gasteiger partial charge in [-0.3, -0.25) is 4.79 Å². The van der Waals surface area contributed by atoms with E-state index in [-0.39, 0.29) is 6.04 Å². The number of morpholine rings is 1. The van der Waals surface area contributed by atoms with Crippen LogP contribution in [0.1, 0.15) is 21.6 Å². The van der Waals surface area contributed by atoms with E-state index in [9.17, 15) is 4.79 Å². The van der Waals surface area contributed by atoms with Crippen molar-refractivity contribution in [1.29, 1.82) is 0 Å². The van der Waals surface area contributed by atoms with Crippen molar-refractivity contribution in [2.45, 2.75) is 19.9 Å². The number of carbonyl (C=O) groups is 1. The number of primary amides is 1. The Labute approximate surface area is 112 Å². The molecule has 1 unspecified atom stereocenters. The van der Waals surface area contributed by atoms with Gasteiger partial charge in [0.05, 0.1) is 18.8 Å². The van der Waals surface area contributed by atoms with Crippen LogP contribution in [0.5, 0.6) is 0 Å². The first kappa shape index (κ1) is 13.8. The predicted molar refractivity (Wildman–Crippen MR) is 73.3 cm³/mol. The van der Waals surface area contributed by atoms with Crippen LogP contribution in [-0.4, -0.2) is 43.2 Å². The quantitative estimate of drug-likeness (QED) is 0.723. The maximum absolute atomic E-state index is 11.5. The van der Waals surface area contributed by atoms with Crippen LogP contribution in [0.3, 0.4) is 0 Å². The van der Waals surface area contributed by atoms with Crippen LogP contribution < -0.4 is 16.4 Å². The number of rotatable bonds is 4. The molecule has 0 spiro atoms. The highest BCUT2D eigenvalue weighted by Gasteiger charge is 2.17. The van der Waals surface area contributed by atoms with Gasteiger partial charge in [0.2, 0.25) is 0 Å². The minimum absolute atomic E-state index is 0.220. The Hall–Kier alpha value is -1.66. The van der Waals surface area contributed by atoms with Crippen LogP contribution in [0.25, 0.3) is 0 Å². The van der Waals surface area contributed by atoms with Gasteiger partial charge < -0.3 is 21.1 Å². The molecule has 0 saturated carbocycles. The Bertz CT molecular complexity index is 470. The van der Waals surface area contributed by atoms with Gasteiger partial charge in [-0.15, -0.1) is 0 Å². The van der Waals surface area contributed by atoms with Gasteiger partial charge >= 0.3 is 0 Å². The largest absolute Gasteiger partial charge is 0.378 e. The number of hydrogen-bond donors (Lipinski definition) is 3. The summed E-state index contributed by atoms with van der Waals surface area (Å²) in [6.45, 7) is 6.65. The maximum atomic E-state index is 11.5. The van der Waals surface area contributed by atoms with E-state index in [0.717, 1.165) is 24.4 Å². The van der Waals surface area contributed by atoms with Crippen molar-refractivity contribution in [3.05, 3.63) is 22.9 Å². The van der Waals surface area contributed by atoms with Crippen molar-refractivity contribution in [3.63, 3.8) is 0 Å². The van der Waals surface area contributed by atoms with Crippen LogP contribution in [0.4, 0.5) is 5.82 Å². The number of aromatic nitrogens is 1. The van der Waals surface area contributed by atoms with Crippen molar-refractivity contribution in [3.8, 4) is 0 Å². The normalized spacial score (nSPS) is 19.2. The second-order valence-corrected chi connectivity index (χ2v) is 4.78. The summed E-state index contributed by atoms with van der Waals surface area (Å²) >= 11 is 0. The Morgan fingerprint density at radius 2 is 2.42 bits per heavy atom. The molecule has 6 heteroatoms. The van der Waals surface area contributed by atoms with Gasteiger partial charge in [0, 0.05) is 24.8 Å². The lowest BCUT2D eigenvalue weighted by atomic mass is 10.1. The van der Waals surface area contributed by atoms with E-state index in [4.69, 9.17) is 10.5 Å². The predicted octanol–water partition coefficient (Wildman–Crippen LogP) is 0.198. The van der Waals surface area contributed by atoms with Gasteiger partial charge in [-0.1, -0.05) is 0 Å². The topological polar surface area (TPSA) is 89.3 Å². The van der Waals surface area contributed by atoms with Gasteiger partial charge in [-0.05, 0) is 25.5 Å². The third-order valence-corrected chi connectivity index (χ3v) is 3.11. The molecule has 4 N–H and O–H groups in total. The number of nitrogens with two attached hydrogens (primary N) is 1. The first-order valence-corrected chi connectivity index (χ1v) is 6.41. The molecule has 1 aromatic rings. The maximum Gasteiger partial charge on any atom is 0.252 e. The molecule has 1 fully saturated rings. The molecule has 1 aliphatic rings. The standard InChI is InChI=1S/C13H20N4O2/c1-8-5-9(2)17-13(11(8)12(14)18)16-6-10-7-19-4-3-15-10/h5,10,15H,3-4,6-7H2,1-2H3,(H2,14,18)(H,16,17). The number of ether oxygens (including phenoxy) is 1. The second-order valence-electron chi connectivity index (χ2n) is 4.78. The molecular formula is C13H20N4O2. The van der Waals surface area contributed by atoms with Crippen LogP contribution >= 0.6 is 0 Å². The SMILES string of the molecule is Cc1cc(C)c(C(N)=O)c(NCC2COCCN2)n1. The van der Waals surface area contributed by atoms with E-state index in [1.807, 2.05) is 19.9 Å².